The van der Waals surface area contributed by atoms with Crippen molar-refractivity contribution >= 4 is 29.0 Å². The van der Waals surface area contributed by atoms with Crippen molar-refractivity contribution in [1.29, 1.82) is 0 Å². The SMILES string of the molecule is COCCN(CC(=O)N(CCc1ccc(OC)c(OC)c1)Cc1cccs1)C(=O)Nc1ccc(C(F)(F)F)cc1. The number of methoxy groups -OCH3 is 3. The van der Waals surface area contributed by atoms with Gasteiger partial charge in [0.05, 0.1) is 32.9 Å². The number of thiophene rings is 1. The number of hydrogen-bond acceptors (Lipinski definition) is 6. The maximum absolute atomic E-state index is 13.5. The second kappa shape index (κ2) is 14.6. The Morgan fingerprint density at radius 3 is 2.25 bits per heavy atom. The molecule has 0 fully saturated rings. The minimum absolute atomic E-state index is 0.108. The summed E-state index contributed by atoms with van der Waals surface area (Å²) < 4.78 is 54.4. The van der Waals surface area contributed by atoms with Crippen LogP contribution >= 0.6 is 11.3 Å². The fraction of sp³-hybridized carbons (Fsp3) is 0.357. The quantitative estimate of drug-likeness (QED) is 0.288. The lowest BCUT2D eigenvalue weighted by Gasteiger charge is -2.28. The topological polar surface area (TPSA) is 80.3 Å². The molecule has 3 amide bonds. The summed E-state index contributed by atoms with van der Waals surface area (Å²) in [5.41, 5.74) is 0.297. The Kier molecular flexibility index (Phi) is 11.2. The van der Waals surface area contributed by atoms with Crippen LogP contribution in [0.15, 0.2) is 60.0 Å². The highest BCUT2D eigenvalue weighted by Gasteiger charge is 2.30. The normalized spacial score (nSPS) is 11.2. The number of halogens is 3. The molecule has 0 spiro atoms. The van der Waals surface area contributed by atoms with Gasteiger partial charge in [0.25, 0.3) is 0 Å². The van der Waals surface area contributed by atoms with Gasteiger partial charge < -0.3 is 29.3 Å². The maximum atomic E-state index is 13.5. The van der Waals surface area contributed by atoms with Crippen molar-refractivity contribution in [3.8, 4) is 11.5 Å². The van der Waals surface area contributed by atoms with Gasteiger partial charge in [-0.3, -0.25) is 4.79 Å². The van der Waals surface area contributed by atoms with Crippen LogP contribution in [0.25, 0.3) is 0 Å². The number of carbonyl (C=O) groups excluding carboxylic acids is 2. The first kappa shape index (κ1) is 30.8. The van der Waals surface area contributed by atoms with Crippen LogP contribution in [0.4, 0.5) is 23.7 Å². The van der Waals surface area contributed by atoms with E-state index in [0.717, 1.165) is 22.6 Å². The summed E-state index contributed by atoms with van der Waals surface area (Å²) in [6.45, 7) is 0.780. The van der Waals surface area contributed by atoms with Gasteiger partial charge in [-0.2, -0.15) is 13.2 Å². The average molecular weight is 580 g/mol. The van der Waals surface area contributed by atoms with E-state index in [1.165, 1.54) is 35.5 Å². The highest BCUT2D eigenvalue weighted by Crippen LogP contribution is 2.30. The lowest BCUT2D eigenvalue weighted by Crippen LogP contribution is -2.46. The number of rotatable bonds is 13. The summed E-state index contributed by atoms with van der Waals surface area (Å²) in [5.74, 6) is 0.903. The molecule has 8 nitrogen and oxygen atoms in total. The monoisotopic (exact) mass is 579 g/mol. The molecule has 0 unspecified atom stereocenters. The number of nitrogens with one attached hydrogen (secondary N) is 1. The van der Waals surface area contributed by atoms with Crippen LogP contribution in [0, 0.1) is 0 Å². The third-order valence-electron chi connectivity index (χ3n) is 6.04. The van der Waals surface area contributed by atoms with E-state index in [1.54, 1.807) is 25.2 Å². The van der Waals surface area contributed by atoms with Crippen molar-refractivity contribution in [3.05, 3.63) is 76.0 Å². The van der Waals surface area contributed by atoms with Crippen LogP contribution < -0.4 is 14.8 Å². The summed E-state index contributed by atoms with van der Waals surface area (Å²) in [4.78, 5) is 30.5. The summed E-state index contributed by atoms with van der Waals surface area (Å²) in [6.07, 6.45) is -3.95. The van der Waals surface area contributed by atoms with Crippen LogP contribution in [-0.4, -0.2) is 69.3 Å². The van der Waals surface area contributed by atoms with Gasteiger partial charge >= 0.3 is 12.2 Å². The molecule has 1 N–H and O–H groups in total. The van der Waals surface area contributed by atoms with E-state index in [-0.39, 0.29) is 31.3 Å². The largest absolute Gasteiger partial charge is 0.493 e. The number of ether oxygens (including phenoxy) is 3. The second-order valence-corrected chi connectivity index (χ2v) is 9.79. The Labute approximate surface area is 235 Å². The van der Waals surface area contributed by atoms with E-state index in [4.69, 9.17) is 14.2 Å². The van der Waals surface area contributed by atoms with Gasteiger partial charge in [-0.25, -0.2) is 4.79 Å². The maximum Gasteiger partial charge on any atom is 0.416 e. The fourth-order valence-electron chi connectivity index (χ4n) is 3.85. The average Bonchev–Trinajstić information content (AvgIpc) is 3.46. The van der Waals surface area contributed by atoms with Crippen molar-refractivity contribution in [1.82, 2.24) is 9.80 Å². The molecule has 2 aromatic carbocycles. The third-order valence-corrected chi connectivity index (χ3v) is 6.90. The smallest absolute Gasteiger partial charge is 0.416 e. The van der Waals surface area contributed by atoms with Crippen molar-refractivity contribution in [2.45, 2.75) is 19.1 Å². The van der Waals surface area contributed by atoms with Gasteiger partial charge in [0.1, 0.15) is 6.54 Å². The molecule has 1 aromatic heterocycles. The van der Waals surface area contributed by atoms with Crippen LogP contribution in [0.2, 0.25) is 0 Å². The van der Waals surface area contributed by atoms with Crippen LogP contribution in [0.5, 0.6) is 11.5 Å². The molecule has 0 atom stereocenters. The van der Waals surface area contributed by atoms with E-state index in [0.29, 0.717) is 31.0 Å². The third kappa shape index (κ3) is 8.88. The summed E-state index contributed by atoms with van der Waals surface area (Å²) in [5, 5.41) is 4.50. The molecule has 0 bridgehead atoms. The summed E-state index contributed by atoms with van der Waals surface area (Å²) in [7, 11) is 4.58. The molecule has 1 heterocycles. The van der Waals surface area contributed by atoms with Gasteiger partial charge in [-0.05, 0) is 59.8 Å². The number of alkyl halides is 3. The summed E-state index contributed by atoms with van der Waals surface area (Å²) >= 11 is 1.52. The van der Waals surface area contributed by atoms with E-state index < -0.39 is 17.8 Å². The molecule has 0 saturated heterocycles. The lowest BCUT2D eigenvalue weighted by molar-refractivity contribution is -0.137. The number of carbonyl (C=O) groups is 2. The minimum Gasteiger partial charge on any atom is -0.493 e. The molecule has 216 valence electrons. The highest BCUT2D eigenvalue weighted by atomic mass is 32.1. The first-order valence-corrected chi connectivity index (χ1v) is 13.3. The van der Waals surface area contributed by atoms with Crippen LogP contribution in [-0.2, 0) is 28.7 Å². The molecule has 3 aromatic rings. The van der Waals surface area contributed by atoms with Gasteiger partial charge in [-0.1, -0.05) is 12.1 Å². The molecule has 0 aliphatic carbocycles. The van der Waals surface area contributed by atoms with Gasteiger partial charge in [0.15, 0.2) is 11.5 Å². The number of urea groups is 1. The van der Waals surface area contributed by atoms with Crippen molar-refractivity contribution in [2.24, 2.45) is 0 Å². The number of anilines is 1. The standard InChI is InChI=1S/C28H32F3N3O5S/c1-37-15-14-34(27(36)32-22-9-7-21(8-10-22)28(29,30)31)19-26(35)33(18-23-5-4-16-40-23)13-12-20-6-11-24(38-2)25(17-20)39-3/h4-11,16-17H,12-15,18-19H2,1-3H3,(H,32,36). The molecule has 3 rings (SSSR count). The van der Waals surface area contributed by atoms with Crippen molar-refractivity contribution < 1.29 is 37.0 Å². The zero-order valence-electron chi connectivity index (χ0n) is 22.5. The molecular formula is C28H32F3N3O5S. The number of benzene rings is 2. The Balaban J connectivity index is 1.73. The molecule has 0 saturated carbocycles. The number of hydrogen-bond donors (Lipinski definition) is 1. The first-order chi connectivity index (χ1) is 19.1. The number of nitrogens with zero attached hydrogens (tertiary/aromatic N) is 2. The minimum atomic E-state index is -4.48. The molecule has 0 aliphatic heterocycles. The fourth-order valence-corrected chi connectivity index (χ4v) is 4.56. The molecule has 0 radical (unpaired) electrons. The Morgan fingerprint density at radius 1 is 0.925 bits per heavy atom. The molecule has 40 heavy (non-hydrogen) atoms. The van der Waals surface area contributed by atoms with Crippen LogP contribution in [0.3, 0.4) is 0 Å². The Morgan fingerprint density at radius 2 is 1.65 bits per heavy atom. The predicted octanol–water partition coefficient (Wildman–Crippen LogP) is 5.54. The zero-order valence-corrected chi connectivity index (χ0v) is 23.3. The Bertz CT molecular complexity index is 1240. The predicted molar refractivity (Wildman–Crippen MR) is 147 cm³/mol. The molecule has 0 aliphatic rings. The number of amides is 3. The van der Waals surface area contributed by atoms with E-state index >= 15 is 0 Å². The Hall–Kier alpha value is -3.77. The first-order valence-electron chi connectivity index (χ1n) is 12.4. The van der Waals surface area contributed by atoms with E-state index in [1.807, 2.05) is 29.6 Å². The second-order valence-electron chi connectivity index (χ2n) is 8.75. The zero-order chi connectivity index (χ0) is 29.1. The van der Waals surface area contributed by atoms with Crippen molar-refractivity contribution in [2.75, 3.05) is 52.9 Å². The van der Waals surface area contributed by atoms with Crippen molar-refractivity contribution in [3.63, 3.8) is 0 Å². The van der Waals surface area contributed by atoms with Gasteiger partial charge in [0, 0.05) is 30.8 Å². The van der Waals surface area contributed by atoms with E-state index in [2.05, 4.69) is 5.32 Å². The van der Waals surface area contributed by atoms with Gasteiger partial charge in [0.2, 0.25) is 5.91 Å². The summed E-state index contributed by atoms with van der Waals surface area (Å²) in [6, 6.07) is 12.9. The molecular weight excluding hydrogens is 547 g/mol. The van der Waals surface area contributed by atoms with Gasteiger partial charge in [-0.15, -0.1) is 11.3 Å². The van der Waals surface area contributed by atoms with E-state index in [9.17, 15) is 22.8 Å². The van der Waals surface area contributed by atoms with Crippen LogP contribution in [0.1, 0.15) is 16.0 Å². The molecule has 12 heteroatoms. The lowest BCUT2D eigenvalue weighted by atomic mass is 10.1. The highest BCUT2D eigenvalue weighted by molar-refractivity contribution is 7.09.